The fraction of sp³-hybridized carbons (Fsp3) is 0.632. The molecule has 0 unspecified atom stereocenters. The van der Waals surface area contributed by atoms with Gasteiger partial charge >= 0.3 is 0 Å². The number of amides is 1. The van der Waals surface area contributed by atoms with Crippen molar-refractivity contribution in [2.75, 3.05) is 44.7 Å². The van der Waals surface area contributed by atoms with E-state index in [1.54, 1.807) is 18.2 Å². The highest BCUT2D eigenvalue weighted by molar-refractivity contribution is 7.89. The van der Waals surface area contributed by atoms with Gasteiger partial charge in [0.15, 0.2) is 6.54 Å². The lowest BCUT2D eigenvalue weighted by Gasteiger charge is -2.26. The van der Waals surface area contributed by atoms with Crippen molar-refractivity contribution >= 4 is 21.6 Å². The second-order valence-corrected chi connectivity index (χ2v) is 9.26. The molecule has 8 heteroatoms. The van der Waals surface area contributed by atoms with Crippen molar-refractivity contribution in [2.24, 2.45) is 5.92 Å². The molecule has 27 heavy (non-hydrogen) atoms. The number of carbonyl (C=O) groups excluding carboxylic acids is 1. The summed E-state index contributed by atoms with van der Waals surface area (Å²) in [5.41, 5.74) is 0.514. The maximum Gasteiger partial charge on any atom is 0.279 e. The Labute approximate surface area is 161 Å². The SMILES string of the molecule is O=C(C[NH2+]CC1CCCCC1)Nc1cccc(S(=O)(=O)N2CCOCC2)c1. The fourth-order valence-corrected chi connectivity index (χ4v) is 5.21. The molecule has 150 valence electrons. The molecule has 1 saturated carbocycles. The third-order valence-electron chi connectivity index (χ3n) is 5.28. The highest BCUT2D eigenvalue weighted by atomic mass is 32.2. The van der Waals surface area contributed by atoms with E-state index in [1.165, 1.54) is 42.5 Å². The second kappa shape index (κ2) is 9.64. The summed E-state index contributed by atoms with van der Waals surface area (Å²) in [6, 6.07) is 6.48. The largest absolute Gasteiger partial charge is 0.379 e. The van der Waals surface area contributed by atoms with Gasteiger partial charge in [0, 0.05) is 24.7 Å². The van der Waals surface area contributed by atoms with Crippen LogP contribution < -0.4 is 10.6 Å². The summed E-state index contributed by atoms with van der Waals surface area (Å²) in [7, 11) is -3.56. The minimum atomic E-state index is -3.56. The van der Waals surface area contributed by atoms with Gasteiger partial charge in [-0.25, -0.2) is 8.42 Å². The van der Waals surface area contributed by atoms with Gasteiger partial charge < -0.3 is 15.4 Å². The van der Waals surface area contributed by atoms with Crippen LogP contribution in [0.3, 0.4) is 0 Å². The van der Waals surface area contributed by atoms with Crippen LogP contribution in [0.25, 0.3) is 0 Å². The van der Waals surface area contributed by atoms with Gasteiger partial charge in [0.25, 0.3) is 5.91 Å². The molecule has 0 bridgehead atoms. The molecule has 1 aromatic carbocycles. The standard InChI is InChI=1S/C19H29N3O4S/c23-19(15-20-14-16-5-2-1-3-6-16)21-17-7-4-8-18(13-17)27(24,25)22-9-11-26-12-10-22/h4,7-8,13,16,20H,1-3,5-6,9-12,14-15H2,(H,21,23)/p+1. The van der Waals surface area contributed by atoms with Crippen LogP contribution in [0.5, 0.6) is 0 Å². The van der Waals surface area contributed by atoms with Crippen molar-refractivity contribution in [1.82, 2.24) is 4.31 Å². The number of hydrogen-bond acceptors (Lipinski definition) is 4. The van der Waals surface area contributed by atoms with Gasteiger partial charge in [-0.05, 0) is 31.0 Å². The molecule has 0 atom stereocenters. The van der Waals surface area contributed by atoms with Crippen LogP contribution in [0.2, 0.25) is 0 Å². The van der Waals surface area contributed by atoms with Crippen LogP contribution in [-0.4, -0.2) is 58.0 Å². The minimum Gasteiger partial charge on any atom is -0.379 e. The maximum absolute atomic E-state index is 12.7. The smallest absolute Gasteiger partial charge is 0.279 e. The van der Waals surface area contributed by atoms with E-state index in [0.717, 1.165) is 6.54 Å². The Morgan fingerprint density at radius 2 is 1.93 bits per heavy atom. The first-order chi connectivity index (χ1) is 13.1. The van der Waals surface area contributed by atoms with Crippen molar-refractivity contribution < 1.29 is 23.3 Å². The number of sulfonamides is 1. The van der Waals surface area contributed by atoms with E-state index in [9.17, 15) is 13.2 Å². The molecule has 3 rings (SSSR count). The number of rotatable bonds is 7. The van der Waals surface area contributed by atoms with Crippen LogP contribution in [-0.2, 0) is 19.6 Å². The highest BCUT2D eigenvalue weighted by Crippen LogP contribution is 2.22. The normalized spacial score (nSPS) is 19.7. The molecular weight excluding hydrogens is 366 g/mol. The average Bonchev–Trinajstić information content (AvgIpc) is 2.70. The number of nitrogens with two attached hydrogens (primary N) is 1. The molecule has 0 aromatic heterocycles. The van der Waals surface area contributed by atoms with E-state index in [-0.39, 0.29) is 10.8 Å². The summed E-state index contributed by atoms with van der Waals surface area (Å²) in [5.74, 6) is 0.611. The van der Waals surface area contributed by atoms with E-state index < -0.39 is 10.0 Å². The Hall–Kier alpha value is -1.48. The number of ether oxygens (including phenoxy) is 1. The molecule has 1 aliphatic carbocycles. The lowest BCUT2D eigenvalue weighted by atomic mass is 9.89. The Morgan fingerprint density at radius 1 is 1.19 bits per heavy atom. The zero-order chi connectivity index (χ0) is 19.1. The number of nitrogens with one attached hydrogen (secondary N) is 1. The summed E-state index contributed by atoms with van der Waals surface area (Å²) in [6.07, 6.45) is 6.46. The first-order valence-corrected chi connectivity index (χ1v) is 11.3. The zero-order valence-corrected chi connectivity index (χ0v) is 16.5. The van der Waals surface area contributed by atoms with Gasteiger partial charge in [0.2, 0.25) is 10.0 Å². The predicted octanol–water partition coefficient (Wildman–Crippen LogP) is 0.790. The van der Waals surface area contributed by atoms with Gasteiger partial charge in [0.05, 0.1) is 24.7 Å². The van der Waals surface area contributed by atoms with Crippen molar-refractivity contribution in [3.05, 3.63) is 24.3 Å². The quantitative estimate of drug-likeness (QED) is 0.713. The monoisotopic (exact) mass is 396 g/mol. The lowest BCUT2D eigenvalue weighted by Crippen LogP contribution is -2.87. The Kier molecular flexibility index (Phi) is 7.23. The summed E-state index contributed by atoms with van der Waals surface area (Å²) in [6.45, 7) is 2.87. The predicted molar refractivity (Wildman–Crippen MR) is 103 cm³/mol. The van der Waals surface area contributed by atoms with Crippen molar-refractivity contribution in [3.63, 3.8) is 0 Å². The summed E-state index contributed by atoms with van der Waals surface area (Å²) < 4.78 is 32.1. The van der Waals surface area contributed by atoms with Gasteiger partial charge in [-0.1, -0.05) is 25.3 Å². The molecule has 1 aliphatic heterocycles. The molecule has 1 saturated heterocycles. The lowest BCUT2D eigenvalue weighted by molar-refractivity contribution is -0.649. The third kappa shape index (κ3) is 5.75. The van der Waals surface area contributed by atoms with Gasteiger partial charge in [-0.3, -0.25) is 4.79 Å². The first kappa shape index (κ1) is 20.3. The maximum atomic E-state index is 12.7. The van der Waals surface area contributed by atoms with Crippen molar-refractivity contribution in [3.8, 4) is 0 Å². The summed E-state index contributed by atoms with van der Waals surface area (Å²) in [4.78, 5) is 12.4. The minimum absolute atomic E-state index is 0.105. The number of morpholine rings is 1. The first-order valence-electron chi connectivity index (χ1n) is 9.85. The van der Waals surface area contributed by atoms with Crippen LogP contribution in [0, 0.1) is 5.92 Å². The van der Waals surface area contributed by atoms with Crippen LogP contribution >= 0.6 is 0 Å². The van der Waals surface area contributed by atoms with Crippen LogP contribution in [0.15, 0.2) is 29.2 Å². The van der Waals surface area contributed by atoms with Gasteiger partial charge in [-0.2, -0.15) is 4.31 Å². The number of benzene rings is 1. The molecule has 1 heterocycles. The molecule has 2 aliphatic rings. The molecule has 1 amide bonds. The second-order valence-electron chi connectivity index (χ2n) is 7.33. The third-order valence-corrected chi connectivity index (χ3v) is 7.17. The van der Waals surface area contributed by atoms with E-state index in [2.05, 4.69) is 10.6 Å². The number of quaternary nitrogens is 1. The molecule has 7 nitrogen and oxygen atoms in total. The fourth-order valence-electron chi connectivity index (χ4n) is 3.76. The van der Waals surface area contributed by atoms with Gasteiger partial charge in [0.1, 0.15) is 0 Å². The Morgan fingerprint density at radius 3 is 2.67 bits per heavy atom. The van der Waals surface area contributed by atoms with E-state index >= 15 is 0 Å². The van der Waals surface area contributed by atoms with Gasteiger partial charge in [-0.15, -0.1) is 0 Å². The Balaban J connectivity index is 1.52. The summed E-state index contributed by atoms with van der Waals surface area (Å²) in [5, 5.41) is 4.87. The van der Waals surface area contributed by atoms with E-state index in [4.69, 9.17) is 4.74 Å². The Bertz CT molecular complexity index is 726. The highest BCUT2D eigenvalue weighted by Gasteiger charge is 2.26. The van der Waals surface area contributed by atoms with Crippen molar-refractivity contribution in [2.45, 2.75) is 37.0 Å². The molecule has 2 fully saturated rings. The molecule has 0 radical (unpaired) electrons. The topological polar surface area (TPSA) is 92.3 Å². The number of nitrogens with zero attached hydrogens (tertiary/aromatic N) is 1. The average molecular weight is 397 g/mol. The zero-order valence-electron chi connectivity index (χ0n) is 15.7. The molecule has 3 N–H and O–H groups in total. The molecular formula is C19H30N3O4S+. The number of hydrogen-bond donors (Lipinski definition) is 2. The molecule has 0 spiro atoms. The number of anilines is 1. The van der Waals surface area contributed by atoms with E-state index in [1.807, 2.05) is 0 Å². The summed E-state index contributed by atoms with van der Waals surface area (Å²) >= 11 is 0. The number of carbonyl (C=O) groups is 1. The van der Waals surface area contributed by atoms with Crippen LogP contribution in [0.1, 0.15) is 32.1 Å². The van der Waals surface area contributed by atoms with Crippen LogP contribution in [0.4, 0.5) is 5.69 Å². The van der Waals surface area contributed by atoms with E-state index in [0.29, 0.717) is 44.5 Å². The molecule has 1 aromatic rings. The van der Waals surface area contributed by atoms with Crippen molar-refractivity contribution in [1.29, 1.82) is 0 Å².